The number of carbonyl (C=O) groups is 1. The lowest BCUT2D eigenvalue weighted by atomic mass is 10.2. The maximum atomic E-state index is 11.9. The van der Waals surface area contributed by atoms with Crippen LogP contribution in [0.4, 0.5) is 11.6 Å². The Balaban J connectivity index is 2.20. The van der Waals surface area contributed by atoms with Crippen LogP contribution >= 0.6 is 0 Å². The molecule has 7 heteroatoms. The number of nitrogens with one attached hydrogen (secondary N) is 2. The van der Waals surface area contributed by atoms with E-state index in [2.05, 4.69) is 20.7 Å². The third-order valence-corrected chi connectivity index (χ3v) is 3.41. The molecule has 7 nitrogen and oxygen atoms in total. The molecule has 0 radical (unpaired) electrons. The fraction of sp³-hybridized carbons (Fsp3) is 0.643. The number of nitrogens with two attached hydrogens (primary N) is 1. The molecule has 1 fully saturated rings. The van der Waals surface area contributed by atoms with Crippen molar-refractivity contribution in [2.24, 2.45) is 5.84 Å². The van der Waals surface area contributed by atoms with Gasteiger partial charge in [-0.2, -0.15) is 0 Å². The Labute approximate surface area is 125 Å². The first-order chi connectivity index (χ1) is 9.92. The van der Waals surface area contributed by atoms with Gasteiger partial charge in [0.1, 0.15) is 17.5 Å². The van der Waals surface area contributed by atoms with Gasteiger partial charge in [-0.1, -0.05) is 0 Å². The Hall–Kier alpha value is -1.89. The summed E-state index contributed by atoms with van der Waals surface area (Å²) in [7, 11) is 1.85. The number of anilines is 2. The van der Waals surface area contributed by atoms with Crippen molar-refractivity contribution >= 4 is 17.5 Å². The van der Waals surface area contributed by atoms with Crippen molar-refractivity contribution in [1.82, 2.24) is 15.3 Å². The summed E-state index contributed by atoms with van der Waals surface area (Å²) in [5, 5.41) is 2.88. The number of hydrazine groups is 1. The van der Waals surface area contributed by atoms with Crippen molar-refractivity contribution < 1.29 is 4.79 Å². The maximum absolute atomic E-state index is 11.9. The van der Waals surface area contributed by atoms with Crippen molar-refractivity contribution in [1.29, 1.82) is 0 Å². The standard InChI is InChI=1S/C14H24N6O/c1-8(2)16-11(21)7-20(4)14-9(3)12(19-15)17-13(18-14)10-5-6-10/h8,10H,5-7,15H2,1-4H3,(H,16,21)(H,17,18,19). The normalized spacial score (nSPS) is 14.2. The summed E-state index contributed by atoms with van der Waals surface area (Å²) in [4.78, 5) is 22.8. The lowest BCUT2D eigenvalue weighted by Gasteiger charge is -2.22. The molecule has 0 saturated heterocycles. The Morgan fingerprint density at radius 1 is 1.43 bits per heavy atom. The number of hydrogen-bond acceptors (Lipinski definition) is 6. The number of amides is 1. The first-order valence-corrected chi connectivity index (χ1v) is 7.28. The summed E-state index contributed by atoms with van der Waals surface area (Å²) < 4.78 is 0. The van der Waals surface area contributed by atoms with E-state index in [1.54, 1.807) is 0 Å². The van der Waals surface area contributed by atoms with Crippen molar-refractivity contribution in [2.45, 2.75) is 45.6 Å². The number of hydrogen-bond donors (Lipinski definition) is 3. The van der Waals surface area contributed by atoms with Gasteiger partial charge in [0.2, 0.25) is 5.91 Å². The molecule has 1 aliphatic carbocycles. The van der Waals surface area contributed by atoms with Crippen molar-refractivity contribution in [3.8, 4) is 0 Å². The molecule has 0 atom stereocenters. The van der Waals surface area contributed by atoms with Crippen LogP contribution in [0.2, 0.25) is 0 Å². The van der Waals surface area contributed by atoms with Gasteiger partial charge >= 0.3 is 0 Å². The quantitative estimate of drug-likeness (QED) is 0.533. The molecule has 1 heterocycles. The largest absolute Gasteiger partial charge is 0.352 e. The highest BCUT2D eigenvalue weighted by Gasteiger charge is 2.29. The van der Waals surface area contributed by atoms with E-state index >= 15 is 0 Å². The van der Waals surface area contributed by atoms with Crippen LogP contribution in [0.5, 0.6) is 0 Å². The zero-order chi connectivity index (χ0) is 15.6. The SMILES string of the molecule is Cc1c(NN)nc(C2CC2)nc1N(C)CC(=O)NC(C)C. The summed E-state index contributed by atoms with van der Waals surface area (Å²) in [5.41, 5.74) is 3.47. The van der Waals surface area contributed by atoms with E-state index in [1.165, 1.54) is 0 Å². The fourth-order valence-electron chi connectivity index (χ4n) is 2.22. The fourth-order valence-corrected chi connectivity index (χ4v) is 2.22. The molecule has 0 aliphatic heterocycles. The average molecular weight is 292 g/mol. The van der Waals surface area contributed by atoms with Gasteiger partial charge in [-0.3, -0.25) is 4.79 Å². The lowest BCUT2D eigenvalue weighted by molar-refractivity contribution is -0.120. The van der Waals surface area contributed by atoms with Crippen LogP contribution in [0.15, 0.2) is 0 Å². The molecule has 1 amide bonds. The molecular formula is C14H24N6O. The number of rotatable bonds is 6. The number of nitrogens with zero attached hydrogens (tertiary/aromatic N) is 3. The van der Waals surface area contributed by atoms with E-state index in [-0.39, 0.29) is 18.5 Å². The number of carbonyl (C=O) groups excluding carboxylic acids is 1. The second kappa shape index (κ2) is 6.26. The molecule has 21 heavy (non-hydrogen) atoms. The highest BCUT2D eigenvalue weighted by molar-refractivity contribution is 5.81. The van der Waals surface area contributed by atoms with Crippen LogP contribution in [0.1, 0.15) is 44.0 Å². The molecule has 4 N–H and O–H groups in total. The average Bonchev–Trinajstić information content (AvgIpc) is 3.22. The molecule has 1 saturated carbocycles. The molecule has 1 aromatic rings. The Bertz CT molecular complexity index is 526. The van der Waals surface area contributed by atoms with E-state index in [9.17, 15) is 4.79 Å². The number of aromatic nitrogens is 2. The predicted molar refractivity (Wildman–Crippen MR) is 83.1 cm³/mol. The van der Waals surface area contributed by atoms with E-state index in [0.29, 0.717) is 11.7 Å². The van der Waals surface area contributed by atoms with Gasteiger partial charge in [0.15, 0.2) is 0 Å². The van der Waals surface area contributed by atoms with E-state index < -0.39 is 0 Å². The Morgan fingerprint density at radius 3 is 2.62 bits per heavy atom. The van der Waals surface area contributed by atoms with E-state index in [4.69, 9.17) is 5.84 Å². The third kappa shape index (κ3) is 3.81. The molecule has 0 unspecified atom stereocenters. The van der Waals surface area contributed by atoms with Gasteiger partial charge < -0.3 is 15.6 Å². The highest BCUT2D eigenvalue weighted by atomic mass is 16.2. The van der Waals surface area contributed by atoms with Gasteiger partial charge in [0.05, 0.1) is 6.54 Å². The van der Waals surface area contributed by atoms with Crippen LogP contribution in [-0.2, 0) is 4.79 Å². The number of likely N-dealkylation sites (N-methyl/N-ethyl adjacent to an activating group) is 1. The summed E-state index contributed by atoms with van der Waals surface area (Å²) in [6, 6.07) is 0.126. The minimum Gasteiger partial charge on any atom is -0.352 e. The molecular weight excluding hydrogens is 268 g/mol. The van der Waals surface area contributed by atoms with E-state index in [1.807, 2.05) is 32.7 Å². The molecule has 0 bridgehead atoms. The minimum atomic E-state index is -0.0271. The van der Waals surface area contributed by atoms with Gasteiger partial charge in [-0.25, -0.2) is 15.8 Å². The maximum Gasteiger partial charge on any atom is 0.239 e. The molecule has 0 aromatic carbocycles. The summed E-state index contributed by atoms with van der Waals surface area (Å²) >= 11 is 0. The van der Waals surface area contributed by atoms with Crippen molar-refractivity contribution in [2.75, 3.05) is 23.9 Å². The van der Waals surface area contributed by atoms with Crippen LogP contribution < -0.4 is 21.5 Å². The van der Waals surface area contributed by atoms with Crippen LogP contribution in [0, 0.1) is 6.92 Å². The predicted octanol–water partition coefficient (Wildman–Crippen LogP) is 0.909. The summed E-state index contributed by atoms with van der Waals surface area (Å²) in [5.74, 6) is 8.11. The van der Waals surface area contributed by atoms with Gasteiger partial charge in [-0.05, 0) is 33.6 Å². The molecule has 2 rings (SSSR count). The van der Waals surface area contributed by atoms with Gasteiger partial charge in [-0.15, -0.1) is 0 Å². The first kappa shape index (κ1) is 15.5. The van der Waals surface area contributed by atoms with Crippen molar-refractivity contribution in [3.05, 3.63) is 11.4 Å². The monoisotopic (exact) mass is 292 g/mol. The molecule has 1 aromatic heterocycles. The molecule has 116 valence electrons. The third-order valence-electron chi connectivity index (χ3n) is 3.41. The smallest absolute Gasteiger partial charge is 0.239 e. The molecule has 1 aliphatic rings. The zero-order valence-electron chi connectivity index (χ0n) is 13.1. The second-order valence-electron chi connectivity index (χ2n) is 5.88. The lowest BCUT2D eigenvalue weighted by Crippen LogP contribution is -2.39. The van der Waals surface area contributed by atoms with Crippen molar-refractivity contribution in [3.63, 3.8) is 0 Å². The topological polar surface area (TPSA) is 96.2 Å². The van der Waals surface area contributed by atoms with Gasteiger partial charge in [0.25, 0.3) is 0 Å². The first-order valence-electron chi connectivity index (χ1n) is 7.28. The van der Waals surface area contributed by atoms with Crippen LogP contribution in [0.25, 0.3) is 0 Å². The Morgan fingerprint density at radius 2 is 2.10 bits per heavy atom. The zero-order valence-corrected chi connectivity index (χ0v) is 13.1. The number of nitrogen functional groups attached to an aromatic ring is 1. The van der Waals surface area contributed by atoms with E-state index in [0.717, 1.165) is 30.0 Å². The Kier molecular flexibility index (Phi) is 4.62. The highest BCUT2D eigenvalue weighted by Crippen LogP contribution is 2.39. The van der Waals surface area contributed by atoms with Crippen LogP contribution in [0.3, 0.4) is 0 Å². The second-order valence-corrected chi connectivity index (χ2v) is 5.88. The summed E-state index contributed by atoms with van der Waals surface area (Å²) in [6.07, 6.45) is 2.23. The summed E-state index contributed by atoms with van der Waals surface area (Å²) in [6.45, 7) is 6.03. The minimum absolute atomic E-state index is 0.0271. The van der Waals surface area contributed by atoms with Gasteiger partial charge in [0, 0.05) is 24.6 Å². The molecule has 0 spiro atoms. The van der Waals surface area contributed by atoms with Crippen LogP contribution in [-0.4, -0.2) is 35.5 Å².